The summed E-state index contributed by atoms with van der Waals surface area (Å²) < 4.78 is 19.2. The van der Waals surface area contributed by atoms with E-state index in [9.17, 15) is 9.18 Å². The van der Waals surface area contributed by atoms with Gasteiger partial charge in [0.15, 0.2) is 5.69 Å². The van der Waals surface area contributed by atoms with Gasteiger partial charge < -0.3 is 10.1 Å². The molecule has 0 radical (unpaired) electrons. The summed E-state index contributed by atoms with van der Waals surface area (Å²) in [5, 5.41) is 2.71. The molecule has 140 valence electrons. The minimum atomic E-state index is -0.484. The van der Waals surface area contributed by atoms with Crippen LogP contribution in [0.3, 0.4) is 0 Å². The Balaban J connectivity index is 2.05. The highest BCUT2D eigenvalue weighted by atomic mass is 19.1. The molecule has 0 unspecified atom stereocenters. The van der Waals surface area contributed by atoms with Crippen LogP contribution in [0.5, 0.6) is 5.88 Å². The summed E-state index contributed by atoms with van der Waals surface area (Å²) in [6.07, 6.45) is 0.775. The maximum absolute atomic E-state index is 13.5. The van der Waals surface area contributed by atoms with E-state index in [4.69, 9.17) is 4.74 Å². The van der Waals surface area contributed by atoms with Crippen molar-refractivity contribution in [2.75, 3.05) is 11.9 Å². The van der Waals surface area contributed by atoms with Crippen LogP contribution in [0, 0.1) is 26.6 Å². The van der Waals surface area contributed by atoms with E-state index >= 15 is 0 Å². The van der Waals surface area contributed by atoms with Crippen LogP contribution in [0.1, 0.15) is 40.5 Å². The van der Waals surface area contributed by atoms with Crippen molar-refractivity contribution in [2.24, 2.45) is 0 Å². The fourth-order valence-corrected chi connectivity index (χ4v) is 2.65. The van der Waals surface area contributed by atoms with Crippen LogP contribution < -0.4 is 10.1 Å². The second-order valence-electron chi connectivity index (χ2n) is 6.56. The van der Waals surface area contributed by atoms with Gasteiger partial charge in [-0.05, 0) is 68.1 Å². The molecule has 1 amide bonds. The molecule has 0 atom stereocenters. The number of rotatable bonds is 5. The van der Waals surface area contributed by atoms with Crippen molar-refractivity contribution in [3.8, 4) is 5.88 Å². The Morgan fingerprint density at radius 1 is 1.04 bits per heavy atom. The second-order valence-corrected chi connectivity index (χ2v) is 6.56. The molecular weight excluding hydrogens is 345 g/mol. The smallest absolute Gasteiger partial charge is 0.279 e. The minimum Gasteiger partial charge on any atom is -0.476 e. The highest BCUT2D eigenvalue weighted by Gasteiger charge is 2.19. The Kier molecular flexibility index (Phi) is 5.35. The number of anilines is 1. The van der Waals surface area contributed by atoms with E-state index in [-0.39, 0.29) is 11.6 Å². The zero-order valence-electron chi connectivity index (χ0n) is 15.9. The number of aromatic nitrogens is 2. The van der Waals surface area contributed by atoms with Crippen LogP contribution in [0.4, 0.5) is 10.1 Å². The minimum absolute atomic E-state index is 0.0860. The number of carbonyl (C=O) groups excluding carboxylic acids is 1. The summed E-state index contributed by atoms with van der Waals surface area (Å²) in [5.41, 5.74) is 4.66. The average molecular weight is 367 g/mol. The molecule has 0 aliphatic carbocycles. The van der Waals surface area contributed by atoms with Crippen LogP contribution in [-0.4, -0.2) is 22.5 Å². The average Bonchev–Trinajstić information content (AvgIpc) is 2.63. The second kappa shape index (κ2) is 7.70. The summed E-state index contributed by atoms with van der Waals surface area (Å²) in [6, 6.07) is 8.06. The number of fused-ring (bicyclic) bond motifs is 1. The van der Waals surface area contributed by atoms with Gasteiger partial charge in [-0.2, -0.15) is 0 Å². The molecule has 1 heterocycles. The van der Waals surface area contributed by atoms with Crippen molar-refractivity contribution in [1.29, 1.82) is 0 Å². The van der Waals surface area contributed by atoms with Gasteiger partial charge in [0.1, 0.15) is 5.82 Å². The van der Waals surface area contributed by atoms with Crippen LogP contribution in [0.25, 0.3) is 11.0 Å². The van der Waals surface area contributed by atoms with E-state index in [1.165, 1.54) is 12.1 Å². The third-order valence-corrected chi connectivity index (χ3v) is 4.35. The summed E-state index contributed by atoms with van der Waals surface area (Å²) in [5.74, 6) is -0.726. The first-order valence-electron chi connectivity index (χ1n) is 8.88. The van der Waals surface area contributed by atoms with Crippen molar-refractivity contribution in [3.05, 3.63) is 58.5 Å². The number of nitrogens with one attached hydrogen (secondary N) is 1. The third-order valence-electron chi connectivity index (χ3n) is 4.35. The van der Waals surface area contributed by atoms with E-state index < -0.39 is 11.7 Å². The van der Waals surface area contributed by atoms with Gasteiger partial charge in [0.25, 0.3) is 5.91 Å². The lowest BCUT2D eigenvalue weighted by atomic mass is 10.1. The van der Waals surface area contributed by atoms with Crippen LogP contribution in [-0.2, 0) is 0 Å². The Morgan fingerprint density at radius 3 is 2.37 bits per heavy atom. The van der Waals surface area contributed by atoms with Gasteiger partial charge in [0.2, 0.25) is 5.88 Å². The summed E-state index contributed by atoms with van der Waals surface area (Å²) >= 11 is 0. The summed E-state index contributed by atoms with van der Waals surface area (Å²) in [6.45, 7) is 8.16. The number of benzene rings is 2. The summed E-state index contributed by atoms with van der Waals surface area (Å²) in [4.78, 5) is 21.8. The van der Waals surface area contributed by atoms with Gasteiger partial charge in [0, 0.05) is 5.69 Å². The molecule has 6 heteroatoms. The molecule has 27 heavy (non-hydrogen) atoms. The highest BCUT2D eigenvalue weighted by Crippen LogP contribution is 2.24. The predicted octanol–water partition coefficient (Wildman–Crippen LogP) is 4.74. The monoisotopic (exact) mass is 367 g/mol. The number of ether oxygens (including phenoxy) is 1. The molecule has 0 saturated carbocycles. The van der Waals surface area contributed by atoms with Crippen molar-refractivity contribution in [2.45, 2.75) is 34.1 Å². The Labute approximate surface area is 157 Å². The standard InChI is InChI=1S/C21H22FN3O2/c1-5-8-27-21-19(20(26)24-16-11-15(22)7-6-12(16)2)23-17-9-13(3)14(4)10-18(17)25-21/h6-7,9-11H,5,8H2,1-4H3,(H,24,26). The molecule has 0 spiro atoms. The maximum Gasteiger partial charge on any atom is 0.279 e. The third kappa shape index (κ3) is 4.05. The quantitative estimate of drug-likeness (QED) is 0.708. The molecule has 0 aliphatic rings. The van der Waals surface area contributed by atoms with Crippen molar-refractivity contribution in [3.63, 3.8) is 0 Å². The zero-order chi connectivity index (χ0) is 19.6. The molecule has 0 saturated heterocycles. The van der Waals surface area contributed by atoms with Crippen LogP contribution >= 0.6 is 0 Å². The van der Waals surface area contributed by atoms with Gasteiger partial charge in [-0.3, -0.25) is 4.79 Å². The van der Waals surface area contributed by atoms with Crippen molar-refractivity contribution < 1.29 is 13.9 Å². The number of hydrogen-bond donors (Lipinski definition) is 1. The lowest BCUT2D eigenvalue weighted by Gasteiger charge is -2.13. The van der Waals surface area contributed by atoms with Crippen molar-refractivity contribution >= 4 is 22.6 Å². The lowest BCUT2D eigenvalue weighted by Crippen LogP contribution is -2.17. The van der Waals surface area contributed by atoms with Gasteiger partial charge >= 0.3 is 0 Å². The molecule has 0 bridgehead atoms. The van der Waals surface area contributed by atoms with E-state index in [1.807, 2.05) is 32.9 Å². The zero-order valence-corrected chi connectivity index (χ0v) is 15.9. The molecule has 1 aromatic heterocycles. The van der Waals surface area contributed by atoms with E-state index in [2.05, 4.69) is 15.3 Å². The largest absolute Gasteiger partial charge is 0.476 e. The Morgan fingerprint density at radius 2 is 1.70 bits per heavy atom. The Bertz CT molecular complexity index is 1020. The SMILES string of the molecule is CCCOc1nc2cc(C)c(C)cc2nc1C(=O)Nc1cc(F)ccc1C. The van der Waals surface area contributed by atoms with Gasteiger partial charge in [0.05, 0.1) is 17.6 Å². The fourth-order valence-electron chi connectivity index (χ4n) is 2.65. The number of amides is 1. The van der Waals surface area contributed by atoms with E-state index in [1.54, 1.807) is 13.0 Å². The molecule has 0 aliphatic heterocycles. The first-order valence-corrected chi connectivity index (χ1v) is 8.88. The molecule has 1 N–H and O–H groups in total. The normalized spacial score (nSPS) is 10.9. The molecular formula is C21H22FN3O2. The van der Waals surface area contributed by atoms with Crippen LogP contribution in [0.2, 0.25) is 0 Å². The molecule has 0 fully saturated rings. The van der Waals surface area contributed by atoms with Crippen LogP contribution in [0.15, 0.2) is 30.3 Å². The van der Waals surface area contributed by atoms with E-state index in [0.717, 1.165) is 23.1 Å². The fraction of sp³-hybridized carbons (Fsp3) is 0.286. The Hall–Kier alpha value is -3.02. The van der Waals surface area contributed by atoms with Gasteiger partial charge in [-0.1, -0.05) is 13.0 Å². The molecule has 3 rings (SSSR count). The number of aryl methyl sites for hydroxylation is 3. The predicted molar refractivity (Wildman–Crippen MR) is 104 cm³/mol. The first kappa shape index (κ1) is 18.8. The topological polar surface area (TPSA) is 64.1 Å². The number of halogens is 1. The number of nitrogens with zero attached hydrogens (tertiary/aromatic N) is 2. The first-order chi connectivity index (χ1) is 12.9. The molecule has 5 nitrogen and oxygen atoms in total. The number of carbonyl (C=O) groups is 1. The molecule has 3 aromatic rings. The number of hydrogen-bond acceptors (Lipinski definition) is 4. The highest BCUT2D eigenvalue weighted by molar-refractivity contribution is 6.05. The lowest BCUT2D eigenvalue weighted by molar-refractivity contribution is 0.101. The van der Waals surface area contributed by atoms with Gasteiger partial charge in [-0.25, -0.2) is 14.4 Å². The van der Waals surface area contributed by atoms with Gasteiger partial charge in [-0.15, -0.1) is 0 Å². The van der Waals surface area contributed by atoms with E-state index in [0.29, 0.717) is 23.3 Å². The van der Waals surface area contributed by atoms with Crippen molar-refractivity contribution in [1.82, 2.24) is 9.97 Å². The maximum atomic E-state index is 13.5. The molecule has 2 aromatic carbocycles. The summed E-state index contributed by atoms with van der Waals surface area (Å²) in [7, 11) is 0.